The summed E-state index contributed by atoms with van der Waals surface area (Å²) in [6.45, 7) is 2.09. The molecular weight excluding hydrogens is 340 g/mol. The second kappa shape index (κ2) is 6.23. The highest BCUT2D eigenvalue weighted by Crippen LogP contribution is 2.34. The van der Waals surface area contributed by atoms with E-state index < -0.39 is 18.6 Å². The summed E-state index contributed by atoms with van der Waals surface area (Å²) in [4.78, 5) is 17.8. The Kier molecular flexibility index (Phi) is 4.01. The molecule has 0 aliphatic carbocycles. The third kappa shape index (κ3) is 2.98. The maximum Gasteiger partial charge on any atom is 0.301 e. The van der Waals surface area contributed by atoms with E-state index >= 15 is 0 Å². The zero-order chi connectivity index (χ0) is 18.3. The molecule has 0 saturated carbocycles. The molecule has 136 valence electrons. The predicted octanol–water partition coefficient (Wildman–Crippen LogP) is 2.93. The normalized spacial score (nSPS) is 21.3. The Morgan fingerprint density at radius 2 is 2.08 bits per heavy atom. The summed E-state index contributed by atoms with van der Waals surface area (Å²) in [6, 6.07) is 10.4. The SMILES string of the molecule is Cc1cc2c(nc1N1CCC(Oc3ccccc3)C(F)(F)C1)CNC2=O. The number of fused-ring (bicyclic) bond motifs is 1. The largest absolute Gasteiger partial charge is 0.484 e. The molecule has 1 atom stereocenters. The number of piperidine rings is 1. The fraction of sp³-hybridized carbons (Fsp3) is 0.368. The zero-order valence-electron chi connectivity index (χ0n) is 14.3. The Bertz CT molecular complexity index is 842. The molecule has 0 bridgehead atoms. The van der Waals surface area contributed by atoms with Crippen molar-refractivity contribution < 1.29 is 18.3 Å². The van der Waals surface area contributed by atoms with Crippen molar-refractivity contribution in [2.24, 2.45) is 0 Å². The maximum atomic E-state index is 14.7. The van der Waals surface area contributed by atoms with E-state index in [2.05, 4.69) is 10.3 Å². The topological polar surface area (TPSA) is 54.5 Å². The first-order valence-electron chi connectivity index (χ1n) is 8.57. The van der Waals surface area contributed by atoms with Crippen LogP contribution in [0.25, 0.3) is 0 Å². The number of nitrogens with one attached hydrogen (secondary N) is 1. The number of para-hydroxylation sites is 1. The summed E-state index contributed by atoms with van der Waals surface area (Å²) in [5.41, 5.74) is 1.86. The minimum atomic E-state index is -3.00. The molecule has 0 spiro atoms. The lowest BCUT2D eigenvalue weighted by Gasteiger charge is -2.39. The zero-order valence-corrected chi connectivity index (χ0v) is 14.3. The molecule has 1 N–H and O–H groups in total. The maximum absolute atomic E-state index is 14.7. The van der Waals surface area contributed by atoms with Gasteiger partial charge in [0.05, 0.1) is 24.3 Å². The van der Waals surface area contributed by atoms with Crippen LogP contribution in [0.2, 0.25) is 0 Å². The summed E-state index contributed by atoms with van der Waals surface area (Å²) in [5.74, 6) is -2.21. The van der Waals surface area contributed by atoms with Gasteiger partial charge in [0, 0.05) is 13.0 Å². The van der Waals surface area contributed by atoms with Crippen molar-refractivity contribution in [1.82, 2.24) is 10.3 Å². The molecule has 1 aromatic heterocycles. The Hall–Kier alpha value is -2.70. The predicted molar refractivity (Wildman–Crippen MR) is 92.8 cm³/mol. The molecule has 4 rings (SSSR count). The average molecular weight is 359 g/mol. The van der Waals surface area contributed by atoms with Gasteiger partial charge in [-0.2, -0.15) is 0 Å². The Morgan fingerprint density at radius 3 is 2.81 bits per heavy atom. The Balaban J connectivity index is 1.54. The minimum absolute atomic E-state index is 0.164. The monoisotopic (exact) mass is 359 g/mol. The molecule has 1 amide bonds. The second-order valence-electron chi connectivity index (χ2n) is 6.70. The van der Waals surface area contributed by atoms with Gasteiger partial charge in [-0.25, -0.2) is 13.8 Å². The third-order valence-corrected chi connectivity index (χ3v) is 4.78. The van der Waals surface area contributed by atoms with Gasteiger partial charge in [-0.05, 0) is 30.7 Å². The number of hydrogen-bond acceptors (Lipinski definition) is 4. The number of nitrogens with zero attached hydrogens (tertiary/aromatic N) is 2. The number of pyridine rings is 1. The highest BCUT2D eigenvalue weighted by molar-refractivity contribution is 5.98. The molecule has 2 aliphatic heterocycles. The summed E-state index contributed by atoms with van der Waals surface area (Å²) in [7, 11) is 0. The number of anilines is 1. The number of benzene rings is 1. The first-order valence-corrected chi connectivity index (χ1v) is 8.57. The lowest BCUT2D eigenvalue weighted by Crippen LogP contribution is -2.54. The van der Waals surface area contributed by atoms with Gasteiger partial charge in [0.25, 0.3) is 5.91 Å². The van der Waals surface area contributed by atoms with Crippen molar-refractivity contribution >= 4 is 11.7 Å². The van der Waals surface area contributed by atoms with Gasteiger partial charge in [0.2, 0.25) is 0 Å². The van der Waals surface area contributed by atoms with Gasteiger partial charge >= 0.3 is 5.92 Å². The standard InChI is InChI=1S/C19H19F2N3O2/c1-12-9-14-15(10-22-18(14)25)23-17(12)24-8-7-16(19(20,21)11-24)26-13-5-3-2-4-6-13/h2-6,9,16H,7-8,10-11H2,1H3,(H,22,25). The van der Waals surface area contributed by atoms with E-state index in [4.69, 9.17) is 4.74 Å². The summed E-state index contributed by atoms with van der Waals surface area (Å²) in [6.07, 6.45) is -0.976. The van der Waals surface area contributed by atoms with E-state index in [1.165, 1.54) is 0 Å². The molecule has 1 unspecified atom stereocenters. The van der Waals surface area contributed by atoms with E-state index in [-0.39, 0.29) is 12.3 Å². The van der Waals surface area contributed by atoms with Crippen molar-refractivity contribution in [2.45, 2.75) is 31.9 Å². The van der Waals surface area contributed by atoms with Crippen molar-refractivity contribution in [3.8, 4) is 5.75 Å². The van der Waals surface area contributed by atoms with Crippen molar-refractivity contribution in [3.05, 3.63) is 53.2 Å². The number of aromatic nitrogens is 1. The fourth-order valence-electron chi connectivity index (χ4n) is 3.46. The fourth-order valence-corrected chi connectivity index (χ4v) is 3.46. The van der Waals surface area contributed by atoms with Gasteiger partial charge in [0.1, 0.15) is 11.6 Å². The molecule has 3 heterocycles. The highest BCUT2D eigenvalue weighted by Gasteiger charge is 2.47. The van der Waals surface area contributed by atoms with Crippen LogP contribution in [0.4, 0.5) is 14.6 Å². The van der Waals surface area contributed by atoms with E-state index in [1.54, 1.807) is 42.2 Å². The number of aryl methyl sites for hydroxylation is 1. The van der Waals surface area contributed by atoms with Crippen LogP contribution in [0.5, 0.6) is 5.75 Å². The van der Waals surface area contributed by atoms with E-state index in [9.17, 15) is 13.6 Å². The van der Waals surface area contributed by atoms with Crippen LogP contribution in [0.3, 0.4) is 0 Å². The minimum Gasteiger partial charge on any atom is -0.484 e. The molecule has 2 aliphatic rings. The highest BCUT2D eigenvalue weighted by atomic mass is 19.3. The van der Waals surface area contributed by atoms with Crippen LogP contribution in [0.1, 0.15) is 28.0 Å². The van der Waals surface area contributed by atoms with Gasteiger partial charge in [-0.15, -0.1) is 0 Å². The van der Waals surface area contributed by atoms with E-state index in [0.717, 1.165) is 5.56 Å². The first-order chi connectivity index (χ1) is 12.4. The van der Waals surface area contributed by atoms with Crippen molar-refractivity contribution in [3.63, 3.8) is 0 Å². The van der Waals surface area contributed by atoms with Crippen LogP contribution in [-0.2, 0) is 6.54 Å². The Morgan fingerprint density at radius 1 is 1.31 bits per heavy atom. The molecular formula is C19H19F2N3O2. The quantitative estimate of drug-likeness (QED) is 0.916. The number of alkyl halides is 2. The van der Waals surface area contributed by atoms with E-state index in [1.807, 2.05) is 6.07 Å². The lowest BCUT2D eigenvalue weighted by molar-refractivity contribution is -0.101. The summed E-state index contributed by atoms with van der Waals surface area (Å²) >= 11 is 0. The molecule has 2 aromatic rings. The van der Waals surface area contributed by atoms with Crippen LogP contribution in [0, 0.1) is 6.92 Å². The molecule has 7 heteroatoms. The van der Waals surface area contributed by atoms with Gasteiger partial charge in [0.15, 0.2) is 6.10 Å². The number of halogens is 2. The van der Waals surface area contributed by atoms with Crippen LogP contribution >= 0.6 is 0 Å². The molecule has 5 nitrogen and oxygen atoms in total. The lowest BCUT2D eigenvalue weighted by atomic mass is 10.0. The molecule has 1 saturated heterocycles. The number of rotatable bonds is 3. The number of hydrogen-bond donors (Lipinski definition) is 1. The van der Waals surface area contributed by atoms with Crippen molar-refractivity contribution in [2.75, 3.05) is 18.0 Å². The first kappa shape index (κ1) is 16.8. The summed E-state index contributed by atoms with van der Waals surface area (Å²) in [5, 5.41) is 2.70. The molecule has 26 heavy (non-hydrogen) atoms. The smallest absolute Gasteiger partial charge is 0.301 e. The molecule has 1 fully saturated rings. The van der Waals surface area contributed by atoms with Crippen LogP contribution in [-0.4, -0.2) is 36.0 Å². The van der Waals surface area contributed by atoms with Gasteiger partial charge < -0.3 is 15.0 Å². The van der Waals surface area contributed by atoms with E-state index in [0.29, 0.717) is 35.9 Å². The second-order valence-corrected chi connectivity index (χ2v) is 6.70. The van der Waals surface area contributed by atoms with Crippen LogP contribution in [0.15, 0.2) is 36.4 Å². The number of carbonyl (C=O) groups excluding carboxylic acids is 1. The third-order valence-electron chi connectivity index (χ3n) is 4.78. The summed E-state index contributed by atoms with van der Waals surface area (Å²) < 4.78 is 34.9. The molecule has 1 aromatic carbocycles. The van der Waals surface area contributed by atoms with Crippen molar-refractivity contribution in [1.29, 1.82) is 0 Å². The Labute approximate surface area is 150 Å². The van der Waals surface area contributed by atoms with Crippen LogP contribution < -0.4 is 15.0 Å². The van der Waals surface area contributed by atoms with Gasteiger partial charge in [-0.1, -0.05) is 18.2 Å². The number of amides is 1. The number of ether oxygens (including phenoxy) is 1. The number of carbonyl (C=O) groups is 1. The average Bonchev–Trinajstić information content (AvgIpc) is 2.97. The molecule has 0 radical (unpaired) electrons. The van der Waals surface area contributed by atoms with Gasteiger partial charge in [-0.3, -0.25) is 4.79 Å².